The molecule has 46 valence electrons. The van der Waals surface area contributed by atoms with Gasteiger partial charge < -0.3 is 0 Å². The minimum absolute atomic E-state index is 1.67. The molecule has 0 atom stereocenters. The zero-order valence-corrected chi connectivity index (χ0v) is 3.53. The van der Waals surface area contributed by atoms with Gasteiger partial charge >= 0.3 is 11.9 Å². The molecule has 0 fully saturated rings. The van der Waals surface area contributed by atoms with Crippen molar-refractivity contribution in [3.63, 3.8) is 0 Å². The highest BCUT2D eigenvalue weighted by Crippen LogP contribution is 1.75. The van der Waals surface area contributed by atoms with Gasteiger partial charge in [0.05, 0.1) is 0 Å². The minimum atomic E-state index is -1.67. The average Bonchev–Trinajstić information content (AvgIpc) is 1.84. The SMILES string of the molecule is O=C(OO)C(=O)OO. The lowest BCUT2D eigenvalue weighted by Gasteiger charge is -1.87. The van der Waals surface area contributed by atoms with Gasteiger partial charge in [0.15, 0.2) is 0 Å². The first-order valence-corrected chi connectivity index (χ1v) is 1.43. The van der Waals surface area contributed by atoms with Gasteiger partial charge in [0.25, 0.3) is 0 Å². The van der Waals surface area contributed by atoms with Crippen LogP contribution in [0.5, 0.6) is 0 Å². The Labute approximate surface area is 43.1 Å². The van der Waals surface area contributed by atoms with Crippen molar-refractivity contribution in [3.05, 3.63) is 0 Å². The smallest absolute Gasteiger partial charge is 0.288 e. The molecule has 0 spiro atoms. The molecule has 0 aromatic rings. The zero-order chi connectivity index (χ0) is 6.57. The molecule has 0 aliphatic carbocycles. The quantitative estimate of drug-likeness (QED) is 0.243. The summed E-state index contributed by atoms with van der Waals surface area (Å²) < 4.78 is 0. The van der Waals surface area contributed by atoms with E-state index >= 15 is 0 Å². The van der Waals surface area contributed by atoms with Crippen LogP contribution >= 0.6 is 0 Å². The molecule has 0 saturated heterocycles. The van der Waals surface area contributed by atoms with Gasteiger partial charge in [-0.2, -0.15) is 10.5 Å². The maximum Gasteiger partial charge on any atom is 0.452 e. The molecule has 6 nitrogen and oxygen atoms in total. The van der Waals surface area contributed by atoms with Gasteiger partial charge in [-0.1, -0.05) is 0 Å². The Morgan fingerprint density at radius 2 is 1.25 bits per heavy atom. The normalized spacial score (nSPS) is 7.75. The van der Waals surface area contributed by atoms with E-state index in [9.17, 15) is 9.59 Å². The van der Waals surface area contributed by atoms with E-state index in [1.807, 2.05) is 0 Å². The molecule has 2 N–H and O–H groups in total. The van der Waals surface area contributed by atoms with Crippen molar-refractivity contribution >= 4 is 11.9 Å². The van der Waals surface area contributed by atoms with Crippen LogP contribution in [-0.4, -0.2) is 22.5 Å². The van der Waals surface area contributed by atoms with Gasteiger partial charge in [0.2, 0.25) is 0 Å². The molecule has 6 heteroatoms. The van der Waals surface area contributed by atoms with Crippen LogP contribution < -0.4 is 0 Å². The summed E-state index contributed by atoms with van der Waals surface area (Å²) in [5.74, 6) is -3.35. The van der Waals surface area contributed by atoms with Crippen LogP contribution in [0.2, 0.25) is 0 Å². The molecule has 8 heavy (non-hydrogen) atoms. The molecule has 0 radical (unpaired) electrons. The predicted octanol–water partition coefficient (Wildman–Crippen LogP) is -0.981. The van der Waals surface area contributed by atoms with Gasteiger partial charge in [0.1, 0.15) is 0 Å². The van der Waals surface area contributed by atoms with E-state index < -0.39 is 11.9 Å². The van der Waals surface area contributed by atoms with Crippen LogP contribution in [-0.2, 0) is 19.4 Å². The van der Waals surface area contributed by atoms with Crippen molar-refractivity contribution in [1.82, 2.24) is 0 Å². The third-order valence-corrected chi connectivity index (χ3v) is 0.332. The summed E-state index contributed by atoms with van der Waals surface area (Å²) in [6.07, 6.45) is 0. The highest BCUT2D eigenvalue weighted by Gasteiger charge is 2.16. The Morgan fingerprint density at radius 1 is 1.00 bits per heavy atom. The van der Waals surface area contributed by atoms with Gasteiger partial charge in [-0.05, 0) is 0 Å². The molecular weight excluding hydrogens is 120 g/mol. The fourth-order valence-corrected chi connectivity index (χ4v) is 0.0745. The molecule has 0 unspecified atom stereocenters. The molecule has 0 aromatic heterocycles. The van der Waals surface area contributed by atoms with Crippen molar-refractivity contribution in [2.75, 3.05) is 0 Å². The topological polar surface area (TPSA) is 93.1 Å². The zero-order valence-electron chi connectivity index (χ0n) is 3.53. The van der Waals surface area contributed by atoms with Crippen LogP contribution in [0.1, 0.15) is 0 Å². The summed E-state index contributed by atoms with van der Waals surface area (Å²) in [5, 5.41) is 14.7. The lowest BCUT2D eigenvalue weighted by Crippen LogP contribution is -2.16. The molecule has 0 rings (SSSR count). The fraction of sp³-hybridized carbons (Fsp3) is 0. The van der Waals surface area contributed by atoms with Gasteiger partial charge in [-0.25, -0.2) is 9.59 Å². The van der Waals surface area contributed by atoms with Crippen LogP contribution in [0.15, 0.2) is 0 Å². The Bertz CT molecular complexity index is 91.1. The number of carbonyl (C=O) groups is 2. The number of rotatable bonds is 0. The van der Waals surface area contributed by atoms with Crippen molar-refractivity contribution < 1.29 is 29.9 Å². The third kappa shape index (κ3) is 1.54. The number of hydrogen-bond acceptors (Lipinski definition) is 6. The van der Waals surface area contributed by atoms with Crippen molar-refractivity contribution in [1.29, 1.82) is 0 Å². The second-order valence-electron chi connectivity index (χ2n) is 0.757. The molecule has 0 aromatic carbocycles. The van der Waals surface area contributed by atoms with Crippen molar-refractivity contribution in [3.8, 4) is 0 Å². The molecule has 0 aliphatic heterocycles. The summed E-state index contributed by atoms with van der Waals surface area (Å²) in [6.45, 7) is 0. The third-order valence-electron chi connectivity index (χ3n) is 0.332. The maximum absolute atomic E-state index is 9.64. The average molecular weight is 122 g/mol. The van der Waals surface area contributed by atoms with E-state index in [0.717, 1.165) is 0 Å². The molecule has 0 heterocycles. The van der Waals surface area contributed by atoms with E-state index in [0.29, 0.717) is 0 Å². The van der Waals surface area contributed by atoms with Crippen LogP contribution in [0, 0.1) is 0 Å². The van der Waals surface area contributed by atoms with Crippen LogP contribution in [0.4, 0.5) is 0 Å². The molecule has 0 aliphatic rings. The van der Waals surface area contributed by atoms with Gasteiger partial charge in [-0.3, -0.25) is 9.78 Å². The summed E-state index contributed by atoms with van der Waals surface area (Å²) in [4.78, 5) is 24.9. The first kappa shape index (κ1) is 6.86. The first-order chi connectivity index (χ1) is 3.72. The van der Waals surface area contributed by atoms with E-state index in [1.54, 1.807) is 0 Å². The van der Waals surface area contributed by atoms with Gasteiger partial charge in [-0.15, -0.1) is 0 Å². The largest absolute Gasteiger partial charge is 0.452 e. The second kappa shape index (κ2) is 2.94. The second-order valence-corrected chi connectivity index (χ2v) is 0.757. The summed E-state index contributed by atoms with van der Waals surface area (Å²) in [5.41, 5.74) is 0. The van der Waals surface area contributed by atoms with Crippen LogP contribution in [0.3, 0.4) is 0 Å². The number of hydrogen-bond donors (Lipinski definition) is 2. The van der Waals surface area contributed by atoms with Crippen molar-refractivity contribution in [2.45, 2.75) is 0 Å². The standard InChI is InChI=1S/C2H2O6/c3-1(7-5)2(4)8-6/h5-6H. The van der Waals surface area contributed by atoms with E-state index in [1.165, 1.54) is 0 Å². The Hall–Kier alpha value is -1.14. The highest BCUT2D eigenvalue weighted by atomic mass is 17.1. The summed E-state index contributed by atoms with van der Waals surface area (Å²) in [6, 6.07) is 0. The lowest BCUT2D eigenvalue weighted by molar-refractivity contribution is -0.261. The van der Waals surface area contributed by atoms with Crippen LogP contribution in [0.25, 0.3) is 0 Å². The molecule has 0 amide bonds. The van der Waals surface area contributed by atoms with E-state index in [4.69, 9.17) is 10.5 Å². The summed E-state index contributed by atoms with van der Waals surface area (Å²) in [7, 11) is 0. The maximum atomic E-state index is 9.64. The van der Waals surface area contributed by atoms with E-state index in [-0.39, 0.29) is 0 Å². The molecular formula is C2H2O6. The Morgan fingerprint density at radius 3 is 1.38 bits per heavy atom. The highest BCUT2D eigenvalue weighted by molar-refractivity contribution is 6.29. The molecule has 0 saturated carbocycles. The van der Waals surface area contributed by atoms with Gasteiger partial charge in [0, 0.05) is 0 Å². The number of carbonyl (C=O) groups excluding carboxylic acids is 2. The lowest BCUT2D eigenvalue weighted by atomic mass is 10.7. The minimum Gasteiger partial charge on any atom is -0.288 e. The Balaban J connectivity index is 3.64. The Kier molecular flexibility index (Phi) is 2.52. The fourth-order valence-electron chi connectivity index (χ4n) is 0.0745. The summed E-state index contributed by atoms with van der Waals surface area (Å²) >= 11 is 0. The molecule has 0 bridgehead atoms. The van der Waals surface area contributed by atoms with E-state index in [2.05, 4.69) is 9.78 Å². The monoisotopic (exact) mass is 122 g/mol. The predicted molar refractivity (Wildman–Crippen MR) is 17.4 cm³/mol. The first-order valence-electron chi connectivity index (χ1n) is 1.43. The van der Waals surface area contributed by atoms with Crippen molar-refractivity contribution in [2.24, 2.45) is 0 Å².